The SMILES string of the molecule is CC(Nc1nc(NC2(c3ccccc3)CC2)nc(-c2cccc(C(F)(F)F)n2)n1)=C1CC1. The zero-order valence-corrected chi connectivity index (χ0v) is 17.4. The molecule has 2 aliphatic rings. The summed E-state index contributed by atoms with van der Waals surface area (Å²) < 4.78 is 39.5. The van der Waals surface area contributed by atoms with Gasteiger partial charge in [0.05, 0.1) is 5.54 Å². The van der Waals surface area contributed by atoms with Crippen LogP contribution in [0, 0.1) is 0 Å². The third-order valence-corrected chi connectivity index (χ3v) is 5.66. The molecule has 9 heteroatoms. The summed E-state index contributed by atoms with van der Waals surface area (Å²) in [6, 6.07) is 13.7. The van der Waals surface area contributed by atoms with E-state index in [2.05, 4.69) is 30.6 Å². The molecule has 164 valence electrons. The van der Waals surface area contributed by atoms with Crippen LogP contribution >= 0.6 is 0 Å². The molecule has 32 heavy (non-hydrogen) atoms. The Morgan fingerprint density at radius 3 is 2.25 bits per heavy atom. The summed E-state index contributed by atoms with van der Waals surface area (Å²) in [5, 5.41) is 6.56. The minimum Gasteiger partial charge on any atom is -0.345 e. The summed E-state index contributed by atoms with van der Waals surface area (Å²) in [7, 11) is 0. The smallest absolute Gasteiger partial charge is 0.345 e. The minimum absolute atomic E-state index is 0.0367. The summed E-state index contributed by atoms with van der Waals surface area (Å²) in [6.45, 7) is 1.94. The maximum absolute atomic E-state index is 13.2. The van der Waals surface area contributed by atoms with E-state index in [1.807, 2.05) is 37.3 Å². The molecule has 2 N–H and O–H groups in total. The van der Waals surface area contributed by atoms with Gasteiger partial charge in [-0.05, 0) is 50.3 Å². The average molecular weight is 438 g/mol. The summed E-state index contributed by atoms with van der Waals surface area (Å²) >= 11 is 0. The summed E-state index contributed by atoms with van der Waals surface area (Å²) in [5.74, 6) is 0.651. The van der Waals surface area contributed by atoms with Gasteiger partial charge in [-0.25, -0.2) is 4.98 Å². The predicted octanol–water partition coefficient (Wildman–Crippen LogP) is 5.53. The van der Waals surface area contributed by atoms with Crippen molar-refractivity contribution in [2.45, 2.75) is 44.3 Å². The number of nitrogens with zero attached hydrogens (tertiary/aromatic N) is 4. The number of alkyl halides is 3. The first-order valence-electron chi connectivity index (χ1n) is 10.4. The number of allylic oxidation sites excluding steroid dienone is 2. The molecule has 0 spiro atoms. The molecular formula is C23H21F3N6. The number of hydrogen-bond acceptors (Lipinski definition) is 6. The van der Waals surface area contributed by atoms with Gasteiger partial charge in [-0.2, -0.15) is 28.1 Å². The number of aromatic nitrogens is 4. The fraction of sp³-hybridized carbons (Fsp3) is 0.304. The van der Waals surface area contributed by atoms with Crippen LogP contribution in [0.4, 0.5) is 25.1 Å². The number of nitrogens with one attached hydrogen (secondary N) is 2. The highest BCUT2D eigenvalue weighted by Gasteiger charge is 2.45. The van der Waals surface area contributed by atoms with Gasteiger partial charge in [-0.15, -0.1) is 0 Å². The van der Waals surface area contributed by atoms with Gasteiger partial charge in [0.2, 0.25) is 11.9 Å². The molecule has 0 atom stereocenters. The maximum Gasteiger partial charge on any atom is 0.433 e. The van der Waals surface area contributed by atoms with Crippen LogP contribution in [0.3, 0.4) is 0 Å². The van der Waals surface area contributed by atoms with E-state index < -0.39 is 11.9 Å². The van der Waals surface area contributed by atoms with Crippen molar-refractivity contribution in [3.63, 3.8) is 0 Å². The summed E-state index contributed by atoms with van der Waals surface area (Å²) in [5.41, 5.74) is 2.11. The second-order valence-electron chi connectivity index (χ2n) is 8.14. The second-order valence-corrected chi connectivity index (χ2v) is 8.14. The molecule has 2 fully saturated rings. The van der Waals surface area contributed by atoms with Crippen LogP contribution in [-0.4, -0.2) is 19.9 Å². The van der Waals surface area contributed by atoms with Gasteiger partial charge in [0.25, 0.3) is 0 Å². The molecule has 0 unspecified atom stereocenters. The Kier molecular flexibility index (Phi) is 4.83. The van der Waals surface area contributed by atoms with Crippen LogP contribution in [0.1, 0.15) is 43.9 Å². The second kappa shape index (κ2) is 7.58. The van der Waals surface area contributed by atoms with E-state index in [-0.39, 0.29) is 23.0 Å². The van der Waals surface area contributed by atoms with E-state index in [4.69, 9.17) is 0 Å². The molecule has 0 aliphatic heterocycles. The highest BCUT2D eigenvalue weighted by molar-refractivity contribution is 5.56. The first-order chi connectivity index (χ1) is 15.3. The molecule has 0 bridgehead atoms. The molecule has 2 aromatic heterocycles. The lowest BCUT2D eigenvalue weighted by Gasteiger charge is -2.19. The number of benzene rings is 1. The first kappa shape index (κ1) is 20.4. The lowest BCUT2D eigenvalue weighted by Crippen LogP contribution is -2.21. The monoisotopic (exact) mass is 438 g/mol. The van der Waals surface area contributed by atoms with Crippen molar-refractivity contribution in [2.75, 3.05) is 10.6 Å². The number of hydrogen-bond donors (Lipinski definition) is 2. The molecular weight excluding hydrogens is 417 g/mol. The van der Waals surface area contributed by atoms with Crippen molar-refractivity contribution >= 4 is 11.9 Å². The zero-order valence-electron chi connectivity index (χ0n) is 17.4. The molecule has 6 nitrogen and oxygen atoms in total. The Morgan fingerprint density at radius 2 is 1.59 bits per heavy atom. The molecule has 2 heterocycles. The van der Waals surface area contributed by atoms with Crippen molar-refractivity contribution in [3.8, 4) is 11.5 Å². The van der Waals surface area contributed by atoms with Crippen LogP contribution in [0.25, 0.3) is 11.5 Å². The predicted molar refractivity (Wildman–Crippen MR) is 115 cm³/mol. The quantitative estimate of drug-likeness (QED) is 0.527. The number of halogens is 3. The molecule has 0 radical (unpaired) electrons. The Morgan fingerprint density at radius 1 is 0.875 bits per heavy atom. The Balaban J connectivity index is 1.53. The molecule has 3 aromatic rings. The number of pyridine rings is 1. The molecule has 1 aromatic carbocycles. The molecule has 0 saturated heterocycles. The van der Waals surface area contributed by atoms with Gasteiger partial charge < -0.3 is 10.6 Å². The highest BCUT2D eigenvalue weighted by atomic mass is 19.4. The number of anilines is 2. The van der Waals surface area contributed by atoms with E-state index in [0.717, 1.165) is 43.0 Å². The van der Waals surface area contributed by atoms with Gasteiger partial charge in [0.1, 0.15) is 11.4 Å². The van der Waals surface area contributed by atoms with Gasteiger partial charge >= 0.3 is 6.18 Å². The average Bonchev–Trinajstić information content (AvgIpc) is 3.69. The standard InChI is InChI=1S/C23H21F3N6/c1-14(15-10-11-15)27-20-29-19(17-8-5-9-18(28-17)23(24,25)26)30-21(31-20)32-22(12-13-22)16-6-3-2-4-7-16/h2-9H,10-13H2,1H3,(H2,27,29,30,31,32). The molecule has 2 saturated carbocycles. The maximum atomic E-state index is 13.2. The largest absolute Gasteiger partial charge is 0.433 e. The van der Waals surface area contributed by atoms with E-state index in [9.17, 15) is 13.2 Å². The van der Waals surface area contributed by atoms with Crippen molar-refractivity contribution in [2.24, 2.45) is 0 Å². The van der Waals surface area contributed by atoms with Crippen molar-refractivity contribution in [1.82, 2.24) is 19.9 Å². The first-order valence-corrected chi connectivity index (χ1v) is 10.4. The van der Waals surface area contributed by atoms with E-state index >= 15 is 0 Å². The third-order valence-electron chi connectivity index (χ3n) is 5.66. The van der Waals surface area contributed by atoms with Crippen molar-refractivity contribution in [1.29, 1.82) is 0 Å². The number of rotatable bonds is 6. The zero-order chi connectivity index (χ0) is 22.3. The topological polar surface area (TPSA) is 75.6 Å². The Hall–Kier alpha value is -3.49. The molecule has 0 amide bonds. The van der Waals surface area contributed by atoms with Gasteiger partial charge in [0.15, 0.2) is 5.82 Å². The van der Waals surface area contributed by atoms with Gasteiger partial charge in [-0.3, -0.25) is 0 Å². The van der Waals surface area contributed by atoms with E-state index in [0.29, 0.717) is 5.95 Å². The lowest BCUT2D eigenvalue weighted by atomic mass is 10.1. The van der Waals surface area contributed by atoms with Gasteiger partial charge in [-0.1, -0.05) is 42.0 Å². The molecule has 2 aliphatic carbocycles. The Bertz CT molecular complexity index is 1180. The summed E-state index contributed by atoms with van der Waals surface area (Å²) in [4.78, 5) is 17.0. The third kappa shape index (κ3) is 4.28. The molecule has 5 rings (SSSR count). The normalized spacial score (nSPS) is 16.4. The van der Waals surface area contributed by atoms with Gasteiger partial charge in [0, 0.05) is 5.70 Å². The fourth-order valence-electron chi connectivity index (χ4n) is 3.60. The van der Waals surface area contributed by atoms with E-state index in [1.54, 1.807) is 0 Å². The Labute approximate surface area is 183 Å². The van der Waals surface area contributed by atoms with Crippen LogP contribution in [0.5, 0.6) is 0 Å². The van der Waals surface area contributed by atoms with Crippen LogP contribution in [-0.2, 0) is 11.7 Å². The fourth-order valence-corrected chi connectivity index (χ4v) is 3.60. The van der Waals surface area contributed by atoms with Crippen LogP contribution in [0.2, 0.25) is 0 Å². The van der Waals surface area contributed by atoms with Crippen LogP contribution < -0.4 is 10.6 Å². The highest BCUT2D eigenvalue weighted by Crippen LogP contribution is 2.47. The van der Waals surface area contributed by atoms with Crippen molar-refractivity contribution < 1.29 is 13.2 Å². The van der Waals surface area contributed by atoms with E-state index in [1.165, 1.54) is 17.7 Å². The lowest BCUT2D eigenvalue weighted by molar-refractivity contribution is -0.141. The van der Waals surface area contributed by atoms with Crippen molar-refractivity contribution in [3.05, 3.63) is 71.1 Å². The summed E-state index contributed by atoms with van der Waals surface area (Å²) in [6.07, 6.45) is -0.691. The minimum atomic E-state index is -4.55. The van der Waals surface area contributed by atoms with Crippen LogP contribution in [0.15, 0.2) is 59.8 Å².